The molecule has 0 unspecified atom stereocenters. The molecular weight excluding hydrogens is 276 g/mol. The van der Waals surface area contributed by atoms with E-state index >= 15 is 0 Å². The Balaban J connectivity index is 2.35. The molecule has 0 bridgehead atoms. The van der Waals surface area contributed by atoms with Crippen LogP contribution in [-0.4, -0.2) is 45.8 Å². The standard InChI is InChI=1S/C14H24N2O3S/c1-4-16(5-2)11-6-12-19-14-9-7-13(8-10-14)15-20(3,17)18/h7-10,15H,4-6,11-12H2,1-3H3. The van der Waals surface area contributed by atoms with Crippen molar-refractivity contribution in [3.8, 4) is 5.75 Å². The zero-order valence-electron chi connectivity index (χ0n) is 12.4. The summed E-state index contributed by atoms with van der Waals surface area (Å²) < 4.78 is 30.2. The Kier molecular flexibility index (Phi) is 6.81. The third-order valence-electron chi connectivity index (χ3n) is 2.94. The van der Waals surface area contributed by atoms with Gasteiger partial charge in [0.25, 0.3) is 0 Å². The molecule has 0 fully saturated rings. The summed E-state index contributed by atoms with van der Waals surface area (Å²) in [4.78, 5) is 2.35. The van der Waals surface area contributed by atoms with Crippen LogP contribution in [0.5, 0.6) is 5.75 Å². The van der Waals surface area contributed by atoms with Crippen molar-refractivity contribution < 1.29 is 13.2 Å². The summed E-state index contributed by atoms with van der Waals surface area (Å²) in [6, 6.07) is 6.93. The van der Waals surface area contributed by atoms with Gasteiger partial charge >= 0.3 is 0 Å². The van der Waals surface area contributed by atoms with Crippen LogP contribution in [-0.2, 0) is 10.0 Å². The van der Waals surface area contributed by atoms with E-state index < -0.39 is 10.0 Å². The number of sulfonamides is 1. The van der Waals surface area contributed by atoms with Crippen molar-refractivity contribution in [3.63, 3.8) is 0 Å². The van der Waals surface area contributed by atoms with Crippen LogP contribution in [0.2, 0.25) is 0 Å². The molecule has 0 aliphatic carbocycles. The zero-order valence-corrected chi connectivity index (χ0v) is 13.2. The summed E-state index contributed by atoms with van der Waals surface area (Å²) in [6.45, 7) is 8.11. The minimum absolute atomic E-state index is 0.544. The minimum Gasteiger partial charge on any atom is -0.494 e. The highest BCUT2D eigenvalue weighted by molar-refractivity contribution is 7.92. The quantitative estimate of drug-likeness (QED) is 0.710. The lowest BCUT2D eigenvalue weighted by Crippen LogP contribution is -2.25. The van der Waals surface area contributed by atoms with Gasteiger partial charge in [0.1, 0.15) is 5.75 Å². The number of rotatable bonds is 9. The number of benzene rings is 1. The van der Waals surface area contributed by atoms with Crippen molar-refractivity contribution in [2.75, 3.05) is 37.2 Å². The van der Waals surface area contributed by atoms with Crippen LogP contribution in [0.4, 0.5) is 5.69 Å². The molecule has 0 spiro atoms. The van der Waals surface area contributed by atoms with Crippen LogP contribution >= 0.6 is 0 Å². The highest BCUT2D eigenvalue weighted by Gasteiger charge is 2.02. The first-order valence-electron chi connectivity index (χ1n) is 6.87. The highest BCUT2D eigenvalue weighted by Crippen LogP contribution is 2.16. The van der Waals surface area contributed by atoms with E-state index in [9.17, 15) is 8.42 Å². The Labute approximate surface area is 122 Å². The zero-order chi connectivity index (χ0) is 15.0. The second-order valence-electron chi connectivity index (χ2n) is 4.63. The molecule has 0 aliphatic heterocycles. The van der Waals surface area contributed by atoms with E-state index in [-0.39, 0.29) is 0 Å². The predicted molar refractivity (Wildman–Crippen MR) is 82.8 cm³/mol. The summed E-state index contributed by atoms with van der Waals surface area (Å²) in [5, 5.41) is 0. The Bertz CT molecular complexity index is 482. The Morgan fingerprint density at radius 3 is 2.25 bits per heavy atom. The van der Waals surface area contributed by atoms with Crippen LogP contribution in [0.15, 0.2) is 24.3 Å². The maximum atomic E-state index is 11.1. The third kappa shape index (κ3) is 6.77. The van der Waals surface area contributed by atoms with Crippen LogP contribution < -0.4 is 9.46 Å². The SMILES string of the molecule is CCN(CC)CCCOc1ccc(NS(C)(=O)=O)cc1. The Hall–Kier alpha value is -1.27. The van der Waals surface area contributed by atoms with Gasteiger partial charge in [-0.3, -0.25) is 4.72 Å². The number of hydrogen-bond donors (Lipinski definition) is 1. The second-order valence-corrected chi connectivity index (χ2v) is 6.38. The molecule has 0 amide bonds. The summed E-state index contributed by atoms with van der Waals surface area (Å²) in [5.41, 5.74) is 0.544. The number of nitrogens with zero attached hydrogens (tertiary/aromatic N) is 1. The van der Waals surface area contributed by atoms with Gasteiger partial charge in [-0.1, -0.05) is 13.8 Å². The van der Waals surface area contributed by atoms with Gasteiger partial charge in [-0.2, -0.15) is 0 Å². The van der Waals surface area contributed by atoms with E-state index in [0.717, 1.165) is 38.1 Å². The molecule has 0 radical (unpaired) electrons. The number of anilines is 1. The van der Waals surface area contributed by atoms with Crippen LogP contribution in [0, 0.1) is 0 Å². The maximum Gasteiger partial charge on any atom is 0.229 e. The molecule has 0 saturated heterocycles. The molecular formula is C14H24N2O3S. The molecule has 0 heterocycles. The van der Waals surface area contributed by atoms with Crippen molar-refractivity contribution in [1.29, 1.82) is 0 Å². The van der Waals surface area contributed by atoms with Crippen LogP contribution in [0.1, 0.15) is 20.3 Å². The van der Waals surface area contributed by atoms with E-state index in [2.05, 4.69) is 23.5 Å². The van der Waals surface area contributed by atoms with Gasteiger partial charge in [0, 0.05) is 12.2 Å². The van der Waals surface area contributed by atoms with Crippen LogP contribution in [0.3, 0.4) is 0 Å². The molecule has 1 N–H and O–H groups in total. The molecule has 114 valence electrons. The normalized spacial score (nSPS) is 11.6. The van der Waals surface area contributed by atoms with E-state index in [4.69, 9.17) is 4.74 Å². The number of nitrogens with one attached hydrogen (secondary N) is 1. The van der Waals surface area contributed by atoms with Crippen LogP contribution in [0.25, 0.3) is 0 Å². The maximum absolute atomic E-state index is 11.1. The minimum atomic E-state index is -3.22. The van der Waals surface area contributed by atoms with E-state index in [1.165, 1.54) is 0 Å². The van der Waals surface area contributed by atoms with Crippen molar-refractivity contribution in [1.82, 2.24) is 4.90 Å². The molecule has 0 aliphatic rings. The molecule has 5 nitrogen and oxygen atoms in total. The molecule has 1 rings (SSSR count). The molecule has 6 heteroatoms. The third-order valence-corrected chi connectivity index (χ3v) is 3.55. The van der Waals surface area contributed by atoms with Crippen molar-refractivity contribution in [3.05, 3.63) is 24.3 Å². The fourth-order valence-electron chi connectivity index (χ4n) is 1.85. The molecule has 0 saturated carbocycles. The van der Waals surface area contributed by atoms with Gasteiger partial charge in [0.15, 0.2) is 0 Å². The van der Waals surface area contributed by atoms with Gasteiger partial charge in [0.05, 0.1) is 12.9 Å². The number of hydrogen-bond acceptors (Lipinski definition) is 4. The molecule has 0 aromatic heterocycles. The lowest BCUT2D eigenvalue weighted by molar-refractivity contribution is 0.249. The molecule has 20 heavy (non-hydrogen) atoms. The first-order valence-corrected chi connectivity index (χ1v) is 8.76. The average Bonchev–Trinajstić information content (AvgIpc) is 2.39. The molecule has 1 aromatic carbocycles. The Morgan fingerprint density at radius 2 is 1.75 bits per heavy atom. The van der Waals surface area contributed by atoms with E-state index in [0.29, 0.717) is 12.3 Å². The first kappa shape index (κ1) is 16.8. The smallest absolute Gasteiger partial charge is 0.229 e. The van der Waals surface area contributed by atoms with Crippen molar-refractivity contribution >= 4 is 15.7 Å². The number of ether oxygens (including phenoxy) is 1. The molecule has 0 atom stereocenters. The highest BCUT2D eigenvalue weighted by atomic mass is 32.2. The van der Waals surface area contributed by atoms with Crippen molar-refractivity contribution in [2.24, 2.45) is 0 Å². The first-order chi connectivity index (χ1) is 9.44. The summed E-state index contributed by atoms with van der Waals surface area (Å²) in [7, 11) is -3.22. The monoisotopic (exact) mass is 300 g/mol. The van der Waals surface area contributed by atoms with Gasteiger partial charge in [0.2, 0.25) is 10.0 Å². The van der Waals surface area contributed by atoms with E-state index in [1.54, 1.807) is 24.3 Å². The van der Waals surface area contributed by atoms with Gasteiger partial charge in [-0.25, -0.2) is 8.42 Å². The summed E-state index contributed by atoms with van der Waals surface area (Å²) in [5.74, 6) is 0.753. The molecule has 1 aromatic rings. The topological polar surface area (TPSA) is 58.6 Å². The van der Waals surface area contributed by atoms with E-state index in [1.807, 2.05) is 0 Å². The fraction of sp³-hybridized carbons (Fsp3) is 0.571. The largest absolute Gasteiger partial charge is 0.494 e. The Morgan fingerprint density at radius 1 is 1.15 bits per heavy atom. The van der Waals surface area contributed by atoms with Crippen molar-refractivity contribution in [2.45, 2.75) is 20.3 Å². The van der Waals surface area contributed by atoms with Gasteiger partial charge < -0.3 is 9.64 Å². The predicted octanol–water partition coefficient (Wildman–Crippen LogP) is 2.17. The second kappa shape index (κ2) is 8.11. The van der Waals surface area contributed by atoms with Gasteiger partial charge in [-0.15, -0.1) is 0 Å². The lowest BCUT2D eigenvalue weighted by atomic mass is 10.3. The fourth-order valence-corrected chi connectivity index (χ4v) is 2.42. The summed E-state index contributed by atoms with van der Waals surface area (Å²) >= 11 is 0. The summed E-state index contributed by atoms with van der Waals surface area (Å²) in [6.07, 6.45) is 2.11. The lowest BCUT2D eigenvalue weighted by Gasteiger charge is -2.17. The average molecular weight is 300 g/mol. The van der Waals surface area contributed by atoms with Gasteiger partial charge in [-0.05, 0) is 43.8 Å².